The van der Waals surface area contributed by atoms with Gasteiger partial charge in [-0.2, -0.15) is 0 Å². The summed E-state index contributed by atoms with van der Waals surface area (Å²) < 4.78 is 10.4. The summed E-state index contributed by atoms with van der Waals surface area (Å²) in [5.74, 6) is 1.69. The number of carbonyl (C=O) groups is 1. The maximum Gasteiger partial charge on any atom is 0.176 e. The van der Waals surface area contributed by atoms with Gasteiger partial charge in [-0.3, -0.25) is 4.79 Å². The maximum absolute atomic E-state index is 12.6. The van der Waals surface area contributed by atoms with Crippen LogP contribution in [0.2, 0.25) is 0 Å². The number of thioether (sulfide) groups is 1. The van der Waals surface area contributed by atoms with Crippen molar-refractivity contribution < 1.29 is 14.3 Å². The largest absolute Gasteiger partial charge is 0.497 e. The van der Waals surface area contributed by atoms with Crippen molar-refractivity contribution in [2.24, 2.45) is 0 Å². The predicted octanol–water partition coefficient (Wildman–Crippen LogP) is 4.46. The fourth-order valence-electron chi connectivity index (χ4n) is 2.10. The Morgan fingerprint density at radius 2 is 1.73 bits per heavy atom. The molecule has 0 saturated carbocycles. The molecule has 116 valence electrons. The summed E-state index contributed by atoms with van der Waals surface area (Å²) in [5.41, 5.74) is 0.711. The van der Waals surface area contributed by atoms with Crippen molar-refractivity contribution in [2.45, 2.75) is 23.5 Å². The van der Waals surface area contributed by atoms with Gasteiger partial charge < -0.3 is 9.47 Å². The van der Waals surface area contributed by atoms with E-state index in [1.807, 2.05) is 55.5 Å². The van der Waals surface area contributed by atoms with Crippen LogP contribution in [-0.4, -0.2) is 25.3 Å². The van der Waals surface area contributed by atoms with Crippen LogP contribution in [0.25, 0.3) is 0 Å². The van der Waals surface area contributed by atoms with Crippen molar-refractivity contribution in [3.63, 3.8) is 0 Å². The van der Waals surface area contributed by atoms with Gasteiger partial charge in [0.05, 0.1) is 19.5 Å². The van der Waals surface area contributed by atoms with Gasteiger partial charge in [-0.15, -0.1) is 11.8 Å². The van der Waals surface area contributed by atoms with E-state index in [-0.39, 0.29) is 11.0 Å². The van der Waals surface area contributed by atoms with Gasteiger partial charge in [-0.25, -0.2) is 0 Å². The molecule has 0 aromatic heterocycles. The van der Waals surface area contributed by atoms with Gasteiger partial charge in [0.15, 0.2) is 5.78 Å². The third kappa shape index (κ3) is 4.04. The summed E-state index contributed by atoms with van der Waals surface area (Å²) in [6.07, 6.45) is 0.771. The molecule has 0 saturated heterocycles. The van der Waals surface area contributed by atoms with E-state index in [0.717, 1.165) is 22.8 Å². The maximum atomic E-state index is 12.6. The summed E-state index contributed by atoms with van der Waals surface area (Å²) in [6, 6.07) is 15.0. The van der Waals surface area contributed by atoms with Crippen LogP contribution in [0.3, 0.4) is 0 Å². The number of hydrogen-bond donors (Lipinski definition) is 0. The van der Waals surface area contributed by atoms with Gasteiger partial charge in [0.2, 0.25) is 0 Å². The molecule has 0 amide bonds. The topological polar surface area (TPSA) is 35.5 Å². The number of carbonyl (C=O) groups excluding carboxylic acids is 1. The van der Waals surface area contributed by atoms with E-state index in [2.05, 4.69) is 0 Å². The Balaban J connectivity index is 2.13. The molecule has 1 atom stereocenters. The van der Waals surface area contributed by atoms with Crippen LogP contribution >= 0.6 is 11.8 Å². The van der Waals surface area contributed by atoms with Crippen molar-refractivity contribution in [3.8, 4) is 11.5 Å². The quantitative estimate of drug-likeness (QED) is 0.558. The number of benzene rings is 2. The lowest BCUT2D eigenvalue weighted by atomic mass is 10.1. The Bertz CT molecular complexity index is 622. The van der Waals surface area contributed by atoms with E-state index in [4.69, 9.17) is 9.47 Å². The van der Waals surface area contributed by atoms with Crippen molar-refractivity contribution in [3.05, 3.63) is 54.1 Å². The zero-order valence-electron chi connectivity index (χ0n) is 13.0. The molecule has 0 radical (unpaired) electrons. The number of rotatable bonds is 7. The first-order valence-electron chi connectivity index (χ1n) is 7.17. The van der Waals surface area contributed by atoms with Gasteiger partial charge in [0.25, 0.3) is 0 Å². The monoisotopic (exact) mass is 316 g/mol. The van der Waals surface area contributed by atoms with Crippen LogP contribution in [0.5, 0.6) is 11.5 Å². The van der Waals surface area contributed by atoms with Crippen molar-refractivity contribution >= 4 is 17.5 Å². The van der Waals surface area contributed by atoms with Crippen molar-refractivity contribution in [1.82, 2.24) is 0 Å². The Morgan fingerprint density at radius 1 is 1.05 bits per heavy atom. The molecule has 4 heteroatoms. The number of methoxy groups -OCH3 is 2. The first-order valence-corrected chi connectivity index (χ1v) is 8.05. The minimum atomic E-state index is -0.111. The molecule has 0 bridgehead atoms. The molecule has 3 nitrogen and oxygen atoms in total. The highest BCUT2D eigenvalue weighted by molar-refractivity contribution is 8.00. The van der Waals surface area contributed by atoms with Gasteiger partial charge in [0.1, 0.15) is 11.5 Å². The number of ketones is 1. The second kappa shape index (κ2) is 7.90. The SMILES string of the molecule is CCC(Sc1cccc(OC)c1)C(=O)c1ccc(OC)cc1. The summed E-state index contributed by atoms with van der Waals surface area (Å²) in [6.45, 7) is 2.03. The lowest BCUT2D eigenvalue weighted by Gasteiger charge is -2.14. The van der Waals surface area contributed by atoms with Crippen LogP contribution in [0.1, 0.15) is 23.7 Å². The Morgan fingerprint density at radius 3 is 2.32 bits per heavy atom. The van der Waals surface area contributed by atoms with E-state index in [0.29, 0.717) is 5.56 Å². The van der Waals surface area contributed by atoms with Gasteiger partial charge >= 0.3 is 0 Å². The van der Waals surface area contributed by atoms with Gasteiger partial charge in [-0.05, 0) is 48.9 Å². The van der Waals surface area contributed by atoms with E-state index >= 15 is 0 Å². The molecular weight excluding hydrogens is 296 g/mol. The summed E-state index contributed by atoms with van der Waals surface area (Å²) >= 11 is 1.57. The summed E-state index contributed by atoms with van der Waals surface area (Å²) in [7, 11) is 3.26. The minimum absolute atomic E-state index is 0.111. The molecule has 0 heterocycles. The van der Waals surface area contributed by atoms with Gasteiger partial charge in [0, 0.05) is 10.5 Å². The highest BCUT2D eigenvalue weighted by Gasteiger charge is 2.19. The van der Waals surface area contributed by atoms with Crippen LogP contribution in [-0.2, 0) is 0 Å². The number of hydrogen-bond acceptors (Lipinski definition) is 4. The van der Waals surface area contributed by atoms with E-state index in [1.165, 1.54) is 0 Å². The molecule has 2 aromatic carbocycles. The fourth-order valence-corrected chi connectivity index (χ4v) is 3.18. The van der Waals surface area contributed by atoms with Crippen LogP contribution in [0, 0.1) is 0 Å². The van der Waals surface area contributed by atoms with Crippen LogP contribution in [0.4, 0.5) is 0 Å². The highest BCUT2D eigenvalue weighted by Crippen LogP contribution is 2.30. The van der Waals surface area contributed by atoms with Gasteiger partial charge in [-0.1, -0.05) is 13.0 Å². The number of ether oxygens (including phenoxy) is 2. The Hall–Kier alpha value is -1.94. The zero-order valence-corrected chi connectivity index (χ0v) is 13.9. The molecule has 0 fully saturated rings. The van der Waals surface area contributed by atoms with E-state index < -0.39 is 0 Å². The summed E-state index contributed by atoms with van der Waals surface area (Å²) in [5, 5.41) is -0.111. The molecule has 0 N–H and O–H groups in total. The summed E-state index contributed by atoms with van der Waals surface area (Å²) in [4.78, 5) is 13.7. The molecular formula is C18H20O3S. The second-order valence-corrected chi connectivity index (χ2v) is 6.06. The molecule has 2 aromatic rings. The number of Topliss-reactive ketones (excluding diaryl/α,β-unsaturated/α-hetero) is 1. The molecule has 2 rings (SSSR count). The average molecular weight is 316 g/mol. The third-order valence-electron chi connectivity index (χ3n) is 3.36. The molecule has 1 unspecified atom stereocenters. The lowest BCUT2D eigenvalue weighted by molar-refractivity contribution is 0.0988. The molecule has 0 aliphatic rings. The molecule has 0 aliphatic heterocycles. The standard InChI is InChI=1S/C18H20O3S/c1-4-17(22-16-7-5-6-15(12-16)21-3)18(19)13-8-10-14(20-2)11-9-13/h5-12,17H,4H2,1-3H3. The second-order valence-electron chi connectivity index (χ2n) is 4.79. The first-order chi connectivity index (χ1) is 10.7. The first kappa shape index (κ1) is 16.4. The molecule has 22 heavy (non-hydrogen) atoms. The zero-order chi connectivity index (χ0) is 15.9. The smallest absolute Gasteiger partial charge is 0.176 e. The van der Waals surface area contributed by atoms with Crippen LogP contribution in [0.15, 0.2) is 53.4 Å². The highest BCUT2D eigenvalue weighted by atomic mass is 32.2. The fraction of sp³-hybridized carbons (Fsp3) is 0.278. The Kier molecular flexibility index (Phi) is 5.90. The van der Waals surface area contributed by atoms with Crippen molar-refractivity contribution in [2.75, 3.05) is 14.2 Å². The predicted molar refractivity (Wildman–Crippen MR) is 90.3 cm³/mol. The lowest BCUT2D eigenvalue weighted by Crippen LogP contribution is -2.16. The normalized spacial score (nSPS) is 11.8. The van der Waals surface area contributed by atoms with E-state index in [9.17, 15) is 4.79 Å². The van der Waals surface area contributed by atoms with E-state index in [1.54, 1.807) is 26.0 Å². The molecule has 0 aliphatic carbocycles. The average Bonchev–Trinajstić information content (AvgIpc) is 2.59. The van der Waals surface area contributed by atoms with Crippen LogP contribution < -0.4 is 9.47 Å². The third-order valence-corrected chi connectivity index (χ3v) is 4.72. The van der Waals surface area contributed by atoms with Crippen molar-refractivity contribution in [1.29, 1.82) is 0 Å². The Labute approximate surface area is 135 Å². The molecule has 0 spiro atoms. The minimum Gasteiger partial charge on any atom is -0.497 e.